The first-order valence-electron chi connectivity index (χ1n) is 4.21. The number of ether oxygens (including phenoxy) is 1. The van der Waals surface area contributed by atoms with E-state index in [-0.39, 0.29) is 0 Å². The molecule has 0 aromatic carbocycles. The summed E-state index contributed by atoms with van der Waals surface area (Å²) in [5.74, 6) is 0. The van der Waals surface area contributed by atoms with E-state index in [0.29, 0.717) is 21.9 Å². The van der Waals surface area contributed by atoms with Crippen LogP contribution in [-0.2, 0) is 4.74 Å². The van der Waals surface area contributed by atoms with E-state index >= 15 is 0 Å². The quantitative estimate of drug-likeness (QED) is 0.492. The van der Waals surface area contributed by atoms with Crippen LogP contribution >= 0.6 is 31.9 Å². The van der Waals surface area contributed by atoms with Crippen LogP contribution in [0.5, 0.6) is 0 Å². The van der Waals surface area contributed by atoms with Gasteiger partial charge in [0.1, 0.15) is 0 Å². The van der Waals surface area contributed by atoms with Gasteiger partial charge in [-0.15, -0.1) is 0 Å². The number of alkyl halides is 2. The van der Waals surface area contributed by atoms with Crippen LogP contribution in [0.1, 0.15) is 25.7 Å². The predicted octanol–water partition coefficient (Wildman–Crippen LogP) is 2.85. The Morgan fingerprint density at radius 1 is 0.818 bits per heavy atom. The fourth-order valence-corrected chi connectivity index (χ4v) is 2.75. The van der Waals surface area contributed by atoms with Crippen molar-refractivity contribution in [3.8, 4) is 0 Å². The van der Waals surface area contributed by atoms with Crippen molar-refractivity contribution in [3.63, 3.8) is 0 Å². The van der Waals surface area contributed by atoms with Crippen LogP contribution in [0.15, 0.2) is 0 Å². The molecule has 11 heavy (non-hydrogen) atoms. The Bertz CT molecular complexity index is 135. The van der Waals surface area contributed by atoms with Crippen LogP contribution in [-0.4, -0.2) is 21.9 Å². The van der Waals surface area contributed by atoms with E-state index in [2.05, 4.69) is 31.9 Å². The monoisotopic (exact) mass is 282 g/mol. The van der Waals surface area contributed by atoms with E-state index in [1.54, 1.807) is 0 Å². The summed E-state index contributed by atoms with van der Waals surface area (Å²) in [6, 6.07) is 0. The molecule has 0 unspecified atom stereocenters. The maximum atomic E-state index is 5.49. The van der Waals surface area contributed by atoms with Gasteiger partial charge < -0.3 is 4.74 Å². The Morgan fingerprint density at radius 2 is 1.27 bits per heavy atom. The largest absolute Gasteiger partial charge is 0.370 e. The minimum atomic E-state index is 0.607. The van der Waals surface area contributed by atoms with Crippen molar-refractivity contribution in [3.05, 3.63) is 0 Å². The fourth-order valence-electron chi connectivity index (χ4n) is 1.70. The molecule has 0 amide bonds. The first-order valence-corrected chi connectivity index (χ1v) is 6.04. The van der Waals surface area contributed by atoms with Gasteiger partial charge in [0.2, 0.25) is 0 Å². The number of hydrogen-bond donors (Lipinski definition) is 0. The summed E-state index contributed by atoms with van der Waals surface area (Å²) >= 11 is 7.36. The van der Waals surface area contributed by atoms with Gasteiger partial charge in [0.05, 0.1) is 12.2 Å². The summed E-state index contributed by atoms with van der Waals surface area (Å²) in [6.07, 6.45) is 6.18. The second-order valence-electron chi connectivity index (χ2n) is 3.40. The second kappa shape index (κ2) is 3.35. The Morgan fingerprint density at radius 3 is 1.73 bits per heavy atom. The van der Waals surface area contributed by atoms with E-state index in [9.17, 15) is 0 Å². The molecule has 0 aromatic heterocycles. The lowest BCUT2D eigenvalue weighted by atomic mass is 10.0. The smallest absolute Gasteiger partial charge is 0.0842 e. The van der Waals surface area contributed by atoms with Crippen molar-refractivity contribution in [2.45, 2.75) is 47.5 Å². The van der Waals surface area contributed by atoms with Gasteiger partial charge in [0.15, 0.2) is 0 Å². The lowest BCUT2D eigenvalue weighted by Crippen LogP contribution is -2.18. The highest BCUT2D eigenvalue weighted by molar-refractivity contribution is 9.12. The standard InChI is InChI=1S/C8H12Br2O/c9-5-1-3-7-8(11-7)4-2-6(5)10/h5-8H,1-4H2/t5-,6+,7-,8-/m1/s1. The number of rotatable bonds is 0. The molecule has 1 nitrogen and oxygen atoms in total. The van der Waals surface area contributed by atoms with Crippen molar-refractivity contribution in [1.29, 1.82) is 0 Å². The molecular formula is C8H12Br2O. The zero-order valence-corrected chi connectivity index (χ0v) is 9.47. The summed E-state index contributed by atoms with van der Waals surface area (Å²) in [7, 11) is 0. The molecule has 0 aromatic rings. The molecule has 1 heterocycles. The summed E-state index contributed by atoms with van der Waals surface area (Å²) < 4.78 is 5.49. The van der Waals surface area contributed by atoms with Crippen molar-refractivity contribution in [2.24, 2.45) is 0 Å². The molecule has 64 valence electrons. The molecule has 0 bridgehead atoms. The van der Waals surface area contributed by atoms with Crippen LogP contribution in [0.2, 0.25) is 0 Å². The van der Waals surface area contributed by atoms with Crippen molar-refractivity contribution >= 4 is 31.9 Å². The minimum absolute atomic E-state index is 0.607. The highest BCUT2D eigenvalue weighted by atomic mass is 79.9. The van der Waals surface area contributed by atoms with Gasteiger partial charge in [-0.1, -0.05) is 31.9 Å². The van der Waals surface area contributed by atoms with Crippen LogP contribution in [0.3, 0.4) is 0 Å². The Balaban J connectivity index is 1.89. The van der Waals surface area contributed by atoms with Crippen LogP contribution in [0.25, 0.3) is 0 Å². The molecule has 0 spiro atoms. The predicted molar refractivity (Wildman–Crippen MR) is 52.6 cm³/mol. The van der Waals surface area contributed by atoms with E-state index in [1.807, 2.05) is 0 Å². The van der Waals surface area contributed by atoms with E-state index in [4.69, 9.17) is 4.74 Å². The zero-order chi connectivity index (χ0) is 7.84. The number of hydrogen-bond acceptors (Lipinski definition) is 1. The summed E-state index contributed by atoms with van der Waals surface area (Å²) in [5, 5.41) is 0. The Hall–Kier alpha value is 0.920. The average Bonchev–Trinajstić information content (AvgIpc) is 2.72. The van der Waals surface area contributed by atoms with E-state index < -0.39 is 0 Å². The SMILES string of the molecule is Br[C@@H]1CC[C@H]2O[C@@H]2CC[C@@H]1Br. The Labute approximate surface area is 84.1 Å². The molecule has 1 saturated heterocycles. The molecule has 1 saturated carbocycles. The third-order valence-corrected chi connectivity index (χ3v) is 5.44. The van der Waals surface area contributed by atoms with Crippen molar-refractivity contribution in [1.82, 2.24) is 0 Å². The van der Waals surface area contributed by atoms with Gasteiger partial charge in [-0.3, -0.25) is 0 Å². The molecule has 0 N–H and O–H groups in total. The summed E-state index contributed by atoms with van der Waals surface area (Å²) in [4.78, 5) is 1.29. The normalized spacial score (nSPS) is 50.7. The van der Waals surface area contributed by atoms with Crippen LogP contribution in [0.4, 0.5) is 0 Å². The average molecular weight is 284 g/mol. The maximum absolute atomic E-state index is 5.49. The minimum Gasteiger partial charge on any atom is -0.370 e. The van der Waals surface area contributed by atoms with Crippen molar-refractivity contribution in [2.75, 3.05) is 0 Å². The van der Waals surface area contributed by atoms with Gasteiger partial charge in [0.25, 0.3) is 0 Å². The highest BCUT2D eigenvalue weighted by Gasteiger charge is 2.40. The zero-order valence-electron chi connectivity index (χ0n) is 6.30. The number of halogens is 2. The Kier molecular flexibility index (Phi) is 2.59. The molecule has 2 aliphatic rings. The molecule has 1 aliphatic heterocycles. The molecule has 2 fully saturated rings. The highest BCUT2D eigenvalue weighted by Crippen LogP contribution is 2.37. The lowest BCUT2D eigenvalue weighted by molar-refractivity contribution is 0.358. The molecule has 1 aliphatic carbocycles. The maximum Gasteiger partial charge on any atom is 0.0842 e. The first-order chi connectivity index (χ1) is 5.27. The fraction of sp³-hybridized carbons (Fsp3) is 1.00. The van der Waals surface area contributed by atoms with E-state index in [1.165, 1.54) is 25.7 Å². The van der Waals surface area contributed by atoms with E-state index in [0.717, 1.165) is 0 Å². The second-order valence-corrected chi connectivity index (χ2v) is 5.75. The summed E-state index contributed by atoms with van der Waals surface area (Å²) in [6.45, 7) is 0. The third-order valence-electron chi connectivity index (χ3n) is 2.53. The van der Waals surface area contributed by atoms with Gasteiger partial charge >= 0.3 is 0 Å². The van der Waals surface area contributed by atoms with Gasteiger partial charge in [-0.05, 0) is 25.7 Å². The first kappa shape index (κ1) is 8.52. The topological polar surface area (TPSA) is 12.5 Å². The van der Waals surface area contributed by atoms with Crippen LogP contribution in [0, 0.1) is 0 Å². The van der Waals surface area contributed by atoms with Gasteiger partial charge in [-0.25, -0.2) is 0 Å². The van der Waals surface area contributed by atoms with Gasteiger partial charge in [-0.2, -0.15) is 0 Å². The molecule has 2 rings (SSSR count). The lowest BCUT2D eigenvalue weighted by Gasteiger charge is -2.17. The number of fused-ring (bicyclic) bond motifs is 1. The van der Waals surface area contributed by atoms with Crippen molar-refractivity contribution < 1.29 is 4.74 Å². The summed E-state index contributed by atoms with van der Waals surface area (Å²) in [5.41, 5.74) is 0. The third kappa shape index (κ3) is 1.99. The molecule has 0 radical (unpaired) electrons. The molecule has 3 heteroatoms. The molecular weight excluding hydrogens is 272 g/mol. The number of epoxide rings is 1. The van der Waals surface area contributed by atoms with Crippen LogP contribution < -0.4 is 0 Å². The van der Waals surface area contributed by atoms with Gasteiger partial charge in [0, 0.05) is 9.65 Å². The molecule has 4 atom stereocenters.